The Labute approximate surface area is 127 Å². The Kier molecular flexibility index (Phi) is 3.70. The number of aryl methyl sites for hydroxylation is 1. The van der Waals surface area contributed by atoms with Gasteiger partial charge in [0.15, 0.2) is 0 Å². The van der Waals surface area contributed by atoms with E-state index in [-0.39, 0.29) is 12.1 Å². The monoisotopic (exact) mass is 301 g/mol. The second-order valence-electron chi connectivity index (χ2n) is 5.98. The van der Waals surface area contributed by atoms with Crippen molar-refractivity contribution < 1.29 is 9.90 Å². The van der Waals surface area contributed by atoms with Crippen molar-refractivity contribution in [2.24, 2.45) is 0 Å². The van der Waals surface area contributed by atoms with Crippen LogP contribution in [0.1, 0.15) is 41.6 Å². The number of rotatable bonds is 3. The van der Waals surface area contributed by atoms with E-state index in [2.05, 4.69) is 10.3 Å². The summed E-state index contributed by atoms with van der Waals surface area (Å²) >= 11 is 0. The van der Waals surface area contributed by atoms with Crippen molar-refractivity contribution in [3.05, 3.63) is 46.0 Å². The number of pyridine rings is 1. The van der Waals surface area contributed by atoms with Crippen LogP contribution in [-0.2, 0) is 0 Å². The fourth-order valence-electron chi connectivity index (χ4n) is 2.95. The van der Waals surface area contributed by atoms with Gasteiger partial charge in [-0.25, -0.2) is 4.98 Å². The van der Waals surface area contributed by atoms with Crippen molar-refractivity contribution in [2.75, 3.05) is 6.54 Å². The molecular weight excluding hydrogens is 282 g/mol. The van der Waals surface area contributed by atoms with Crippen LogP contribution in [0.5, 0.6) is 0 Å². The standard InChI is InChI=1S/C16H19N3O3/c1-11-5-4-8-19-13(11)17-9-12(15(19)21)14(20)18-10-16(22)6-2-3-7-16/h4-5,8-9,22H,2-3,6-7,10H2,1H3,(H,18,20). The van der Waals surface area contributed by atoms with E-state index in [4.69, 9.17) is 0 Å². The smallest absolute Gasteiger partial charge is 0.270 e. The molecule has 0 atom stereocenters. The van der Waals surface area contributed by atoms with Gasteiger partial charge in [0, 0.05) is 18.9 Å². The number of aliphatic hydroxyl groups is 1. The van der Waals surface area contributed by atoms with Gasteiger partial charge in [0.05, 0.1) is 5.60 Å². The molecule has 116 valence electrons. The van der Waals surface area contributed by atoms with Crippen LogP contribution in [0.15, 0.2) is 29.3 Å². The van der Waals surface area contributed by atoms with Crippen molar-refractivity contribution >= 4 is 11.6 Å². The van der Waals surface area contributed by atoms with E-state index in [0.717, 1.165) is 18.4 Å². The van der Waals surface area contributed by atoms with E-state index in [0.29, 0.717) is 18.5 Å². The summed E-state index contributed by atoms with van der Waals surface area (Å²) in [5, 5.41) is 12.9. The van der Waals surface area contributed by atoms with E-state index in [1.54, 1.807) is 12.3 Å². The van der Waals surface area contributed by atoms with Gasteiger partial charge in [-0.3, -0.25) is 14.0 Å². The number of fused-ring (bicyclic) bond motifs is 1. The van der Waals surface area contributed by atoms with Gasteiger partial charge in [0.25, 0.3) is 11.5 Å². The van der Waals surface area contributed by atoms with E-state index in [1.165, 1.54) is 10.6 Å². The number of nitrogens with zero attached hydrogens (tertiary/aromatic N) is 2. The van der Waals surface area contributed by atoms with E-state index < -0.39 is 17.1 Å². The first-order valence-electron chi connectivity index (χ1n) is 7.48. The first-order chi connectivity index (χ1) is 10.5. The van der Waals surface area contributed by atoms with Crippen molar-refractivity contribution in [3.63, 3.8) is 0 Å². The lowest BCUT2D eigenvalue weighted by atomic mass is 10.0. The zero-order valence-corrected chi connectivity index (χ0v) is 12.5. The largest absolute Gasteiger partial charge is 0.388 e. The second kappa shape index (κ2) is 5.53. The fraction of sp³-hybridized carbons (Fsp3) is 0.438. The topological polar surface area (TPSA) is 83.7 Å². The lowest BCUT2D eigenvalue weighted by Gasteiger charge is -2.22. The summed E-state index contributed by atoms with van der Waals surface area (Å²) in [6.07, 6.45) is 6.19. The molecule has 0 bridgehead atoms. The maximum Gasteiger partial charge on any atom is 0.270 e. The SMILES string of the molecule is Cc1cccn2c(=O)c(C(=O)NCC3(O)CCCC3)cnc12. The number of hydrogen-bond donors (Lipinski definition) is 2. The van der Waals surface area contributed by atoms with Gasteiger partial charge in [-0.05, 0) is 31.4 Å². The van der Waals surface area contributed by atoms with Crippen LogP contribution in [-0.4, -0.2) is 32.5 Å². The highest BCUT2D eigenvalue weighted by Crippen LogP contribution is 2.28. The zero-order valence-electron chi connectivity index (χ0n) is 12.5. The van der Waals surface area contributed by atoms with Crippen molar-refractivity contribution in [1.29, 1.82) is 0 Å². The normalized spacial score (nSPS) is 16.8. The first-order valence-corrected chi connectivity index (χ1v) is 7.48. The molecule has 1 aliphatic rings. The molecule has 3 rings (SSSR count). The summed E-state index contributed by atoms with van der Waals surface area (Å²) in [6, 6.07) is 3.60. The molecular formula is C16H19N3O3. The van der Waals surface area contributed by atoms with Crippen molar-refractivity contribution in [2.45, 2.75) is 38.2 Å². The van der Waals surface area contributed by atoms with E-state index in [1.807, 2.05) is 13.0 Å². The second-order valence-corrected chi connectivity index (χ2v) is 5.98. The minimum absolute atomic E-state index is 0.00954. The molecule has 6 nitrogen and oxygen atoms in total. The molecule has 0 aromatic carbocycles. The summed E-state index contributed by atoms with van der Waals surface area (Å²) in [6.45, 7) is 2.03. The molecule has 2 aromatic rings. The molecule has 1 amide bonds. The minimum atomic E-state index is -0.841. The Bertz CT molecular complexity index is 776. The molecule has 0 spiro atoms. The van der Waals surface area contributed by atoms with Gasteiger partial charge < -0.3 is 10.4 Å². The van der Waals surface area contributed by atoms with Gasteiger partial charge in [0.1, 0.15) is 11.2 Å². The van der Waals surface area contributed by atoms with E-state index in [9.17, 15) is 14.7 Å². The average molecular weight is 301 g/mol. The summed E-state index contributed by atoms with van der Waals surface area (Å²) in [5.41, 5.74) is 0.159. The highest BCUT2D eigenvalue weighted by Gasteiger charge is 2.31. The minimum Gasteiger partial charge on any atom is -0.388 e. The molecule has 2 N–H and O–H groups in total. The maximum atomic E-state index is 12.4. The van der Waals surface area contributed by atoms with Gasteiger partial charge in [-0.2, -0.15) is 0 Å². The molecule has 1 saturated carbocycles. The van der Waals surface area contributed by atoms with Crippen LogP contribution in [0.4, 0.5) is 0 Å². The summed E-state index contributed by atoms with van der Waals surface area (Å²) in [7, 11) is 0. The average Bonchev–Trinajstić information content (AvgIpc) is 2.93. The number of carbonyl (C=O) groups is 1. The molecule has 0 radical (unpaired) electrons. The van der Waals surface area contributed by atoms with Crippen LogP contribution in [0, 0.1) is 6.92 Å². The summed E-state index contributed by atoms with van der Waals surface area (Å²) in [5.74, 6) is -0.492. The molecule has 6 heteroatoms. The third-order valence-corrected chi connectivity index (χ3v) is 4.28. The summed E-state index contributed by atoms with van der Waals surface area (Å²) in [4.78, 5) is 28.8. The third kappa shape index (κ3) is 2.62. The maximum absolute atomic E-state index is 12.4. The highest BCUT2D eigenvalue weighted by molar-refractivity contribution is 5.93. The Hall–Kier alpha value is -2.21. The van der Waals surface area contributed by atoms with Crippen LogP contribution in [0.3, 0.4) is 0 Å². The predicted octanol–water partition coefficient (Wildman–Crippen LogP) is 1.04. The third-order valence-electron chi connectivity index (χ3n) is 4.28. The summed E-state index contributed by atoms with van der Waals surface area (Å²) < 4.78 is 1.37. The molecule has 0 aliphatic heterocycles. The van der Waals surface area contributed by atoms with Crippen LogP contribution in [0.25, 0.3) is 5.65 Å². The Morgan fingerprint density at radius 1 is 1.45 bits per heavy atom. The van der Waals surface area contributed by atoms with Gasteiger partial charge in [-0.15, -0.1) is 0 Å². The van der Waals surface area contributed by atoms with E-state index >= 15 is 0 Å². The van der Waals surface area contributed by atoms with Crippen molar-refractivity contribution in [1.82, 2.24) is 14.7 Å². The lowest BCUT2D eigenvalue weighted by molar-refractivity contribution is 0.0449. The van der Waals surface area contributed by atoms with Crippen LogP contribution < -0.4 is 10.9 Å². The van der Waals surface area contributed by atoms with Gasteiger partial charge >= 0.3 is 0 Å². The fourth-order valence-corrected chi connectivity index (χ4v) is 2.95. The molecule has 2 heterocycles. The van der Waals surface area contributed by atoms with Gasteiger partial charge in [0.2, 0.25) is 0 Å². The molecule has 1 aliphatic carbocycles. The Balaban J connectivity index is 1.85. The predicted molar refractivity (Wildman–Crippen MR) is 82.0 cm³/mol. The number of hydrogen-bond acceptors (Lipinski definition) is 4. The molecule has 0 saturated heterocycles. The zero-order chi connectivity index (χ0) is 15.7. The molecule has 2 aromatic heterocycles. The lowest BCUT2D eigenvalue weighted by Crippen LogP contribution is -2.42. The quantitative estimate of drug-likeness (QED) is 0.887. The highest BCUT2D eigenvalue weighted by atomic mass is 16.3. The number of carbonyl (C=O) groups excluding carboxylic acids is 1. The van der Waals surface area contributed by atoms with Gasteiger partial charge in [-0.1, -0.05) is 18.9 Å². The Morgan fingerprint density at radius 3 is 2.91 bits per heavy atom. The number of nitrogens with one attached hydrogen (secondary N) is 1. The molecule has 1 fully saturated rings. The first kappa shape index (κ1) is 14.7. The molecule has 0 unspecified atom stereocenters. The molecule has 22 heavy (non-hydrogen) atoms. The van der Waals surface area contributed by atoms with Crippen LogP contribution in [0.2, 0.25) is 0 Å². The van der Waals surface area contributed by atoms with Crippen molar-refractivity contribution in [3.8, 4) is 0 Å². The Morgan fingerprint density at radius 2 is 2.18 bits per heavy atom. The number of amides is 1. The van der Waals surface area contributed by atoms with Crippen LogP contribution >= 0.6 is 0 Å². The number of aromatic nitrogens is 2.